The van der Waals surface area contributed by atoms with Crippen LogP contribution < -0.4 is 5.32 Å². The molecule has 2 aromatic carbocycles. The summed E-state index contributed by atoms with van der Waals surface area (Å²) in [6, 6.07) is 9.13. The number of hydrogen-bond donors (Lipinski definition) is 1. The Balaban J connectivity index is 2.60. The highest BCUT2D eigenvalue weighted by molar-refractivity contribution is 6.35. The summed E-state index contributed by atoms with van der Waals surface area (Å²) in [6.07, 6.45) is 0. The van der Waals surface area contributed by atoms with Crippen LogP contribution in [0.2, 0.25) is 10.0 Å². The van der Waals surface area contributed by atoms with Crippen molar-refractivity contribution in [1.82, 2.24) is 0 Å². The van der Waals surface area contributed by atoms with Gasteiger partial charge in [0.15, 0.2) is 0 Å². The quantitative estimate of drug-likeness (QED) is 0.588. The van der Waals surface area contributed by atoms with E-state index in [1.54, 1.807) is 18.2 Å². The highest BCUT2D eigenvalue weighted by Gasteiger charge is 2.26. The van der Waals surface area contributed by atoms with Gasteiger partial charge in [-0.1, -0.05) is 70.8 Å². The molecule has 0 heterocycles. The van der Waals surface area contributed by atoms with E-state index in [1.165, 1.54) is 0 Å². The van der Waals surface area contributed by atoms with E-state index in [9.17, 15) is 5.11 Å². The fourth-order valence-corrected chi connectivity index (χ4v) is 3.02. The smallest absolute Gasteiger partial charge is 0.205 e. The lowest BCUT2D eigenvalue weighted by Gasteiger charge is -2.27. The zero-order chi connectivity index (χ0) is 18.3. The molecule has 2 rings (SSSR count). The number of hydrogen-bond acceptors (Lipinski definition) is 1. The van der Waals surface area contributed by atoms with Crippen LogP contribution in [0, 0.1) is 0 Å². The Morgan fingerprint density at radius 2 is 1.33 bits per heavy atom. The van der Waals surface area contributed by atoms with Gasteiger partial charge < -0.3 is 5.32 Å². The Kier molecular flexibility index (Phi) is 5.13. The molecular weight excluding hydrogens is 341 g/mol. The Morgan fingerprint density at radius 3 is 1.79 bits per heavy atom. The van der Waals surface area contributed by atoms with Gasteiger partial charge in [0.25, 0.3) is 0 Å². The largest absolute Gasteiger partial charge is 0.352 e. The standard InChI is InChI=1S/C20H24Cl2NO/c1-19(2,3)12-7-16(20(4,5)6)18(24)17(8-12)23-15-10-13(21)9-14(22)11-15/h7-11,23H,1-6H3. The first-order chi connectivity index (χ1) is 10.9. The molecule has 24 heavy (non-hydrogen) atoms. The fourth-order valence-electron chi connectivity index (χ4n) is 2.49. The van der Waals surface area contributed by atoms with E-state index in [0.717, 1.165) is 11.1 Å². The van der Waals surface area contributed by atoms with Crippen molar-refractivity contribution in [2.75, 3.05) is 5.32 Å². The fraction of sp³-hybridized carbons (Fsp3) is 0.400. The summed E-state index contributed by atoms with van der Waals surface area (Å²) in [7, 11) is 0. The first-order valence-electron chi connectivity index (χ1n) is 7.97. The lowest BCUT2D eigenvalue weighted by atomic mass is 9.79. The second kappa shape index (κ2) is 6.50. The maximum atomic E-state index is 12.9. The molecule has 0 atom stereocenters. The molecule has 0 aliphatic rings. The lowest BCUT2D eigenvalue weighted by molar-refractivity contribution is 0.342. The van der Waals surface area contributed by atoms with Gasteiger partial charge in [-0.15, -0.1) is 0 Å². The molecular formula is C20H24Cl2NO. The summed E-state index contributed by atoms with van der Waals surface area (Å²) in [4.78, 5) is 0. The Hall–Kier alpha value is -1.38. The molecule has 0 aromatic heterocycles. The van der Waals surface area contributed by atoms with E-state index in [4.69, 9.17) is 23.2 Å². The molecule has 1 N–H and O–H groups in total. The van der Waals surface area contributed by atoms with Crippen LogP contribution in [0.15, 0.2) is 30.3 Å². The van der Waals surface area contributed by atoms with Gasteiger partial charge in [0.2, 0.25) is 5.75 Å². The van der Waals surface area contributed by atoms with Crippen molar-refractivity contribution in [2.24, 2.45) is 0 Å². The maximum Gasteiger partial charge on any atom is 0.205 e. The molecule has 0 saturated heterocycles. The van der Waals surface area contributed by atoms with Crippen LogP contribution in [0.1, 0.15) is 52.7 Å². The maximum absolute atomic E-state index is 12.9. The normalized spacial score (nSPS) is 12.3. The van der Waals surface area contributed by atoms with Gasteiger partial charge in [-0.3, -0.25) is 5.11 Å². The summed E-state index contributed by atoms with van der Waals surface area (Å²) >= 11 is 12.1. The third kappa shape index (κ3) is 4.37. The summed E-state index contributed by atoms with van der Waals surface area (Å²) in [5.41, 5.74) is 2.87. The van der Waals surface area contributed by atoms with Gasteiger partial charge in [0, 0.05) is 21.3 Å². The molecule has 0 fully saturated rings. The monoisotopic (exact) mass is 364 g/mol. The van der Waals surface area contributed by atoms with E-state index >= 15 is 0 Å². The van der Waals surface area contributed by atoms with Gasteiger partial charge in [-0.25, -0.2) is 0 Å². The van der Waals surface area contributed by atoms with Crippen molar-refractivity contribution in [1.29, 1.82) is 0 Å². The van der Waals surface area contributed by atoms with E-state index in [1.807, 2.05) is 12.1 Å². The number of anilines is 2. The number of benzene rings is 2. The highest BCUT2D eigenvalue weighted by Crippen LogP contribution is 2.42. The van der Waals surface area contributed by atoms with E-state index in [0.29, 0.717) is 21.4 Å². The zero-order valence-corrected chi connectivity index (χ0v) is 16.6. The highest BCUT2D eigenvalue weighted by atomic mass is 35.5. The topological polar surface area (TPSA) is 31.9 Å². The Bertz CT molecular complexity index is 735. The van der Waals surface area contributed by atoms with Gasteiger partial charge in [0.05, 0.1) is 5.69 Å². The van der Waals surface area contributed by atoms with Crippen LogP contribution in [0.3, 0.4) is 0 Å². The summed E-state index contributed by atoms with van der Waals surface area (Å²) in [5.74, 6) is 0.00611. The van der Waals surface area contributed by atoms with Crippen molar-refractivity contribution < 1.29 is 5.11 Å². The molecule has 2 aromatic rings. The third-order valence-electron chi connectivity index (χ3n) is 3.90. The molecule has 2 nitrogen and oxygen atoms in total. The van der Waals surface area contributed by atoms with Crippen molar-refractivity contribution in [3.8, 4) is 5.75 Å². The van der Waals surface area contributed by atoms with E-state index in [2.05, 4.69) is 46.9 Å². The molecule has 0 saturated carbocycles. The number of rotatable bonds is 2. The minimum absolute atomic E-state index is 0.00611. The van der Waals surface area contributed by atoms with Gasteiger partial charge >= 0.3 is 0 Å². The summed E-state index contributed by atoms with van der Waals surface area (Å²) in [5, 5.41) is 17.2. The van der Waals surface area contributed by atoms with Crippen LogP contribution in [0.5, 0.6) is 5.75 Å². The van der Waals surface area contributed by atoms with Crippen molar-refractivity contribution >= 4 is 34.6 Å². The molecule has 0 aliphatic carbocycles. The van der Waals surface area contributed by atoms with Crippen LogP contribution >= 0.6 is 23.2 Å². The molecule has 0 aliphatic heterocycles. The van der Waals surface area contributed by atoms with Crippen LogP contribution in [-0.2, 0) is 15.9 Å². The second-order valence-corrected chi connectivity index (χ2v) is 9.06. The molecule has 0 amide bonds. The lowest BCUT2D eigenvalue weighted by Crippen LogP contribution is -2.17. The molecule has 129 valence electrons. The average Bonchev–Trinajstić information content (AvgIpc) is 2.37. The van der Waals surface area contributed by atoms with Crippen LogP contribution in [-0.4, -0.2) is 0 Å². The van der Waals surface area contributed by atoms with Gasteiger partial charge in [-0.2, -0.15) is 0 Å². The molecule has 0 spiro atoms. The first kappa shape index (κ1) is 19.0. The Labute approximate surface area is 154 Å². The van der Waals surface area contributed by atoms with Gasteiger partial charge in [-0.05, 0) is 40.7 Å². The summed E-state index contributed by atoms with van der Waals surface area (Å²) < 4.78 is 0. The Morgan fingerprint density at radius 1 is 0.792 bits per heavy atom. The molecule has 4 heteroatoms. The predicted octanol–water partition coefficient (Wildman–Crippen LogP) is 7.48. The zero-order valence-electron chi connectivity index (χ0n) is 15.1. The molecule has 1 radical (unpaired) electrons. The van der Waals surface area contributed by atoms with Crippen LogP contribution in [0.4, 0.5) is 11.4 Å². The predicted molar refractivity (Wildman–Crippen MR) is 104 cm³/mol. The third-order valence-corrected chi connectivity index (χ3v) is 4.34. The van der Waals surface area contributed by atoms with Gasteiger partial charge in [0.1, 0.15) is 0 Å². The van der Waals surface area contributed by atoms with Crippen molar-refractivity contribution in [3.63, 3.8) is 0 Å². The SMILES string of the molecule is CC(C)(C)c1cc(Nc2cc(Cl)cc(Cl)c2)c([O])c(C(C)(C)C)c1. The molecule has 0 unspecified atom stereocenters. The minimum Gasteiger partial charge on any atom is -0.352 e. The number of nitrogens with one attached hydrogen (secondary N) is 1. The van der Waals surface area contributed by atoms with E-state index < -0.39 is 0 Å². The van der Waals surface area contributed by atoms with E-state index in [-0.39, 0.29) is 16.6 Å². The number of halogens is 2. The van der Waals surface area contributed by atoms with Crippen molar-refractivity contribution in [3.05, 3.63) is 51.5 Å². The first-order valence-corrected chi connectivity index (χ1v) is 8.72. The second-order valence-electron chi connectivity index (χ2n) is 8.18. The average molecular weight is 365 g/mol. The van der Waals surface area contributed by atoms with Crippen molar-refractivity contribution in [2.45, 2.75) is 52.4 Å². The summed E-state index contributed by atoms with van der Waals surface area (Å²) in [6.45, 7) is 12.6. The molecule has 0 bridgehead atoms. The van der Waals surface area contributed by atoms with Crippen LogP contribution in [0.25, 0.3) is 0 Å². The minimum atomic E-state index is -0.235.